The summed E-state index contributed by atoms with van der Waals surface area (Å²) in [5.41, 5.74) is -0.454. The molecule has 1 rings (SSSR count). The highest BCUT2D eigenvalue weighted by atomic mass is 32.2. The van der Waals surface area contributed by atoms with Crippen LogP contribution in [0.5, 0.6) is 0 Å². The minimum Gasteiger partial charge on any atom is -0.478 e. The molecule has 0 radical (unpaired) electrons. The summed E-state index contributed by atoms with van der Waals surface area (Å²) in [4.78, 5) is 10.7. The zero-order valence-electron chi connectivity index (χ0n) is 12.6. The van der Waals surface area contributed by atoms with Crippen LogP contribution in [0.4, 0.5) is 4.39 Å². The molecule has 0 saturated heterocycles. The lowest BCUT2D eigenvalue weighted by atomic mass is 10.1. The monoisotopic (exact) mass is 317 g/mol. The second-order valence-corrected chi connectivity index (χ2v) is 7.20. The Labute approximate surface area is 124 Å². The van der Waals surface area contributed by atoms with Crippen molar-refractivity contribution in [2.75, 3.05) is 13.6 Å². The third-order valence-electron chi connectivity index (χ3n) is 3.50. The number of hydrogen-bond acceptors (Lipinski definition) is 3. The van der Waals surface area contributed by atoms with Crippen molar-refractivity contribution in [1.29, 1.82) is 0 Å². The maximum Gasteiger partial charge on any atom is 0.335 e. The van der Waals surface area contributed by atoms with Crippen LogP contribution in [-0.2, 0) is 10.0 Å². The Kier molecular flexibility index (Phi) is 5.47. The van der Waals surface area contributed by atoms with E-state index < -0.39 is 21.8 Å². The molecule has 0 fully saturated rings. The van der Waals surface area contributed by atoms with Crippen LogP contribution in [0.3, 0.4) is 0 Å². The van der Waals surface area contributed by atoms with Crippen molar-refractivity contribution in [2.45, 2.75) is 32.1 Å². The fourth-order valence-electron chi connectivity index (χ4n) is 1.88. The van der Waals surface area contributed by atoms with Gasteiger partial charge in [0.1, 0.15) is 5.82 Å². The van der Waals surface area contributed by atoms with E-state index >= 15 is 0 Å². The Morgan fingerprint density at radius 1 is 1.43 bits per heavy atom. The van der Waals surface area contributed by atoms with Crippen molar-refractivity contribution in [3.05, 3.63) is 29.1 Å². The van der Waals surface area contributed by atoms with Gasteiger partial charge in [-0.2, -0.15) is 0 Å². The first-order valence-corrected chi connectivity index (χ1v) is 8.05. The van der Waals surface area contributed by atoms with Crippen LogP contribution in [0.2, 0.25) is 0 Å². The number of sulfonamides is 1. The van der Waals surface area contributed by atoms with Gasteiger partial charge in [-0.1, -0.05) is 20.3 Å². The molecule has 0 bridgehead atoms. The fourth-order valence-corrected chi connectivity index (χ4v) is 3.43. The first-order chi connectivity index (χ1) is 9.61. The smallest absolute Gasteiger partial charge is 0.335 e. The fraction of sp³-hybridized carbons (Fsp3) is 0.500. The quantitative estimate of drug-likeness (QED) is 0.875. The first-order valence-electron chi connectivity index (χ1n) is 6.61. The molecule has 5 nitrogen and oxygen atoms in total. The summed E-state index contributed by atoms with van der Waals surface area (Å²) in [7, 11) is -2.51. The molecular formula is C14H20FNO4S. The number of halogens is 1. The summed E-state index contributed by atoms with van der Waals surface area (Å²) in [5, 5.41) is 8.94. The van der Waals surface area contributed by atoms with E-state index in [0.29, 0.717) is 0 Å². The lowest BCUT2D eigenvalue weighted by Gasteiger charge is -2.21. The van der Waals surface area contributed by atoms with Crippen LogP contribution >= 0.6 is 0 Å². The average molecular weight is 317 g/mol. The van der Waals surface area contributed by atoms with Gasteiger partial charge >= 0.3 is 5.97 Å². The number of nitrogens with zero attached hydrogens (tertiary/aromatic N) is 1. The summed E-state index contributed by atoms with van der Waals surface area (Å²) in [5.74, 6) is -2.06. The van der Waals surface area contributed by atoms with E-state index in [4.69, 9.17) is 5.11 Å². The number of benzene rings is 1. The highest BCUT2D eigenvalue weighted by Gasteiger charge is 2.26. The molecule has 0 heterocycles. The predicted octanol–water partition coefficient (Wildman–Crippen LogP) is 2.50. The second-order valence-electron chi connectivity index (χ2n) is 5.19. The van der Waals surface area contributed by atoms with Crippen LogP contribution in [0.1, 0.15) is 36.2 Å². The van der Waals surface area contributed by atoms with Crippen LogP contribution in [-0.4, -0.2) is 37.4 Å². The zero-order valence-corrected chi connectivity index (χ0v) is 13.4. The topological polar surface area (TPSA) is 74.7 Å². The molecule has 118 valence electrons. The number of hydrogen-bond donors (Lipinski definition) is 1. The molecule has 21 heavy (non-hydrogen) atoms. The van der Waals surface area contributed by atoms with Gasteiger partial charge in [0.15, 0.2) is 0 Å². The van der Waals surface area contributed by atoms with Crippen LogP contribution in [0.25, 0.3) is 0 Å². The number of carbonyl (C=O) groups is 1. The van der Waals surface area contributed by atoms with Gasteiger partial charge in [0.2, 0.25) is 10.0 Å². The SMILES string of the molecule is CCC(C)CN(C)S(=O)(=O)c1cc(C(=O)O)cc(F)c1C. The Balaban J connectivity index is 3.34. The van der Waals surface area contributed by atoms with Gasteiger partial charge in [0.05, 0.1) is 10.5 Å². The van der Waals surface area contributed by atoms with Crippen molar-refractivity contribution in [2.24, 2.45) is 5.92 Å². The van der Waals surface area contributed by atoms with Crippen LogP contribution in [0.15, 0.2) is 17.0 Å². The summed E-state index contributed by atoms with van der Waals surface area (Å²) in [6.07, 6.45) is 0.808. The number of aromatic carboxylic acids is 1. The maximum absolute atomic E-state index is 13.8. The third-order valence-corrected chi connectivity index (χ3v) is 5.45. The molecule has 7 heteroatoms. The molecule has 1 N–H and O–H groups in total. The molecule has 0 spiro atoms. The molecule has 1 aromatic rings. The normalized spacial score (nSPS) is 13.4. The predicted molar refractivity (Wildman–Crippen MR) is 77.4 cm³/mol. The highest BCUT2D eigenvalue weighted by Crippen LogP contribution is 2.24. The molecule has 0 aliphatic carbocycles. The number of carboxylic acid groups (broad SMARTS) is 1. The summed E-state index contributed by atoms with van der Waals surface area (Å²) in [6, 6.07) is 1.83. The van der Waals surface area contributed by atoms with Gasteiger partial charge in [-0.25, -0.2) is 21.9 Å². The van der Waals surface area contributed by atoms with Crippen molar-refractivity contribution >= 4 is 16.0 Å². The standard InChI is InChI=1S/C14H20FNO4S/c1-5-9(2)8-16(4)21(19,20)13-7-11(14(17)18)6-12(15)10(13)3/h6-7,9H,5,8H2,1-4H3,(H,17,18). The molecule has 0 aliphatic rings. The maximum atomic E-state index is 13.8. The van der Waals surface area contributed by atoms with Gasteiger partial charge in [-0.05, 0) is 25.0 Å². The van der Waals surface area contributed by atoms with Crippen molar-refractivity contribution in [3.63, 3.8) is 0 Å². The van der Waals surface area contributed by atoms with Gasteiger partial charge in [-0.3, -0.25) is 0 Å². The van der Waals surface area contributed by atoms with Crippen LogP contribution < -0.4 is 0 Å². The Morgan fingerprint density at radius 3 is 2.48 bits per heavy atom. The highest BCUT2D eigenvalue weighted by molar-refractivity contribution is 7.89. The van der Waals surface area contributed by atoms with Crippen molar-refractivity contribution in [1.82, 2.24) is 4.31 Å². The van der Waals surface area contributed by atoms with Crippen molar-refractivity contribution in [3.8, 4) is 0 Å². The lowest BCUT2D eigenvalue weighted by molar-refractivity contribution is 0.0696. The van der Waals surface area contributed by atoms with Gasteiger partial charge in [0.25, 0.3) is 0 Å². The van der Waals surface area contributed by atoms with E-state index in [1.54, 1.807) is 0 Å². The number of rotatable bonds is 6. The van der Waals surface area contributed by atoms with Gasteiger partial charge in [0, 0.05) is 19.2 Å². The molecule has 1 unspecified atom stereocenters. The molecular weight excluding hydrogens is 297 g/mol. The molecule has 0 saturated carbocycles. The minimum absolute atomic E-state index is 0.0731. The molecule has 0 aliphatic heterocycles. The van der Waals surface area contributed by atoms with E-state index in [1.807, 2.05) is 13.8 Å². The summed E-state index contributed by atoms with van der Waals surface area (Å²) < 4.78 is 39.9. The average Bonchev–Trinajstić information content (AvgIpc) is 2.40. The van der Waals surface area contributed by atoms with E-state index in [2.05, 4.69) is 0 Å². The van der Waals surface area contributed by atoms with E-state index in [9.17, 15) is 17.6 Å². The first kappa shape index (κ1) is 17.6. The van der Waals surface area contributed by atoms with E-state index in [0.717, 1.165) is 22.9 Å². The zero-order chi connectivity index (χ0) is 16.4. The molecule has 1 aromatic carbocycles. The van der Waals surface area contributed by atoms with E-state index in [-0.39, 0.29) is 28.5 Å². The largest absolute Gasteiger partial charge is 0.478 e. The van der Waals surface area contributed by atoms with E-state index in [1.165, 1.54) is 14.0 Å². The molecule has 0 aromatic heterocycles. The van der Waals surface area contributed by atoms with Crippen molar-refractivity contribution < 1.29 is 22.7 Å². The third kappa shape index (κ3) is 3.79. The minimum atomic E-state index is -3.92. The van der Waals surface area contributed by atoms with Crippen LogP contribution in [0, 0.1) is 18.7 Å². The summed E-state index contributed by atoms with van der Waals surface area (Å²) in [6.45, 7) is 5.47. The van der Waals surface area contributed by atoms with Gasteiger partial charge < -0.3 is 5.11 Å². The Morgan fingerprint density at radius 2 is 2.00 bits per heavy atom. The Hall–Kier alpha value is -1.47. The summed E-state index contributed by atoms with van der Waals surface area (Å²) >= 11 is 0. The Bertz CT molecular complexity index is 643. The second kappa shape index (κ2) is 6.53. The number of carboxylic acids is 1. The molecule has 1 atom stereocenters. The van der Waals surface area contributed by atoms with Gasteiger partial charge in [-0.15, -0.1) is 0 Å². The lowest BCUT2D eigenvalue weighted by Crippen LogP contribution is -2.31. The molecule has 0 amide bonds.